The molecule has 0 bridgehead atoms. The molecule has 0 unspecified atom stereocenters. The van der Waals surface area contributed by atoms with Crippen LogP contribution < -0.4 is 0 Å². The van der Waals surface area contributed by atoms with E-state index in [0.29, 0.717) is 18.8 Å². The third-order valence-corrected chi connectivity index (χ3v) is 5.48. The van der Waals surface area contributed by atoms with Crippen LogP contribution in [0.3, 0.4) is 0 Å². The number of hydrogen-bond donors (Lipinski definition) is 1. The zero-order valence-corrected chi connectivity index (χ0v) is 14.4. The monoisotopic (exact) mass is 351 g/mol. The highest BCUT2D eigenvalue weighted by atomic mass is 16.6. The number of benzene rings is 2. The van der Waals surface area contributed by atoms with Crippen molar-refractivity contribution < 1.29 is 19.4 Å². The van der Waals surface area contributed by atoms with Gasteiger partial charge in [0.1, 0.15) is 5.75 Å². The van der Waals surface area contributed by atoms with E-state index in [4.69, 9.17) is 4.74 Å². The lowest BCUT2D eigenvalue weighted by atomic mass is 9.80. The number of rotatable bonds is 3. The van der Waals surface area contributed by atoms with E-state index in [-0.39, 0.29) is 17.9 Å². The van der Waals surface area contributed by atoms with Gasteiger partial charge in [-0.1, -0.05) is 42.5 Å². The summed E-state index contributed by atoms with van der Waals surface area (Å²) in [5.74, 6) is 0.0312. The predicted molar refractivity (Wildman–Crippen MR) is 96.9 cm³/mol. The summed E-state index contributed by atoms with van der Waals surface area (Å²) >= 11 is 0. The van der Waals surface area contributed by atoms with Gasteiger partial charge in [0.2, 0.25) is 0 Å². The van der Waals surface area contributed by atoms with Crippen LogP contribution in [0.25, 0.3) is 0 Å². The summed E-state index contributed by atoms with van der Waals surface area (Å²) in [7, 11) is 0. The lowest BCUT2D eigenvalue weighted by molar-refractivity contribution is -0.596. The van der Waals surface area contributed by atoms with Crippen molar-refractivity contribution in [3.63, 3.8) is 0 Å². The maximum Gasteiger partial charge on any atom is 0.405 e. The quantitative estimate of drug-likeness (QED) is 0.522. The number of ether oxygens (including phenoxy) is 1. The molecule has 0 radical (unpaired) electrons. The summed E-state index contributed by atoms with van der Waals surface area (Å²) < 4.78 is 6.39. The largest absolute Gasteiger partial charge is 0.620 e. The van der Waals surface area contributed by atoms with Crippen LogP contribution >= 0.6 is 0 Å². The Labute approximate surface area is 152 Å². The lowest BCUT2D eigenvalue weighted by Gasteiger charge is -2.33. The molecular formula is C21H21NO4. The molecule has 0 amide bonds. The zero-order chi connectivity index (χ0) is 18.1. The molecular weight excluding hydrogens is 330 g/mol. The Bertz CT molecular complexity index is 834. The molecule has 1 fully saturated rings. The predicted octanol–water partition coefficient (Wildman–Crippen LogP) is 3.50. The van der Waals surface area contributed by atoms with Crippen molar-refractivity contribution in [3.05, 3.63) is 70.9 Å². The number of hydrogen-bond acceptors (Lipinski definition) is 4. The molecule has 1 spiro atoms. The minimum Gasteiger partial charge on any atom is -0.620 e. The second-order valence-corrected chi connectivity index (χ2v) is 7.10. The average molecular weight is 351 g/mol. The van der Waals surface area contributed by atoms with Gasteiger partial charge in [0.15, 0.2) is 0 Å². The SMILES string of the molecule is O=C1OC2(CCC(c3ccccc3)CC2)[N+]([O-])=C1Cc1ccc(O)cc1. The first-order valence-electron chi connectivity index (χ1n) is 8.97. The molecule has 1 aliphatic heterocycles. The number of phenolic OH excluding ortho intramolecular Hbond substituents is 1. The smallest absolute Gasteiger partial charge is 0.405 e. The molecule has 2 aromatic carbocycles. The van der Waals surface area contributed by atoms with Crippen LogP contribution in [-0.2, 0) is 16.0 Å². The Morgan fingerprint density at radius 2 is 1.73 bits per heavy atom. The number of carbonyl (C=O) groups is 1. The molecule has 134 valence electrons. The first-order chi connectivity index (χ1) is 12.6. The summed E-state index contributed by atoms with van der Waals surface area (Å²) in [6.07, 6.45) is 2.94. The van der Waals surface area contributed by atoms with Gasteiger partial charge in [-0.15, -0.1) is 0 Å². The van der Waals surface area contributed by atoms with Gasteiger partial charge in [0.25, 0.3) is 5.71 Å². The van der Waals surface area contributed by atoms with Crippen LogP contribution in [-0.4, -0.2) is 27.3 Å². The first kappa shape index (κ1) is 16.6. The molecule has 4 rings (SSSR count). The Kier molecular flexibility index (Phi) is 4.15. The summed E-state index contributed by atoms with van der Waals surface area (Å²) in [6, 6.07) is 16.8. The van der Waals surface area contributed by atoms with E-state index in [1.54, 1.807) is 24.3 Å². The summed E-state index contributed by atoms with van der Waals surface area (Å²) in [4.78, 5) is 12.3. The number of phenols is 1. The number of carbonyl (C=O) groups excluding carboxylic acids is 1. The van der Waals surface area contributed by atoms with Gasteiger partial charge < -0.3 is 15.1 Å². The van der Waals surface area contributed by atoms with E-state index >= 15 is 0 Å². The fraction of sp³-hybridized carbons (Fsp3) is 0.333. The van der Waals surface area contributed by atoms with Crippen molar-refractivity contribution in [2.45, 2.75) is 43.7 Å². The van der Waals surface area contributed by atoms with Crippen molar-refractivity contribution in [1.29, 1.82) is 0 Å². The molecule has 2 aromatic rings. The van der Waals surface area contributed by atoms with Crippen molar-refractivity contribution >= 4 is 11.7 Å². The first-order valence-corrected chi connectivity index (χ1v) is 8.97. The van der Waals surface area contributed by atoms with Crippen molar-refractivity contribution in [2.24, 2.45) is 0 Å². The Morgan fingerprint density at radius 3 is 2.38 bits per heavy atom. The van der Waals surface area contributed by atoms with Crippen LogP contribution in [0.5, 0.6) is 5.75 Å². The maximum absolute atomic E-state index is 12.9. The number of aromatic hydroxyl groups is 1. The van der Waals surface area contributed by atoms with Gasteiger partial charge in [0.05, 0.1) is 19.3 Å². The minimum atomic E-state index is -1.05. The number of esters is 1. The zero-order valence-electron chi connectivity index (χ0n) is 14.4. The van der Waals surface area contributed by atoms with Crippen molar-refractivity contribution in [3.8, 4) is 5.75 Å². The molecule has 0 atom stereocenters. The van der Waals surface area contributed by atoms with Crippen LogP contribution in [0.1, 0.15) is 42.7 Å². The topological polar surface area (TPSA) is 72.6 Å². The average Bonchev–Trinajstić information content (AvgIpc) is 2.89. The van der Waals surface area contributed by atoms with E-state index in [2.05, 4.69) is 12.1 Å². The van der Waals surface area contributed by atoms with E-state index < -0.39 is 11.7 Å². The Morgan fingerprint density at radius 1 is 1.08 bits per heavy atom. The third kappa shape index (κ3) is 2.94. The maximum atomic E-state index is 12.9. The van der Waals surface area contributed by atoms with Crippen LogP contribution in [0, 0.1) is 5.21 Å². The highest BCUT2D eigenvalue weighted by Gasteiger charge is 2.54. The number of hydroxylamine groups is 1. The Balaban J connectivity index is 1.52. The van der Waals surface area contributed by atoms with Gasteiger partial charge in [-0.25, -0.2) is 4.79 Å². The molecule has 0 aromatic heterocycles. The summed E-state index contributed by atoms with van der Waals surface area (Å²) in [5.41, 5.74) is 1.17. The normalized spacial score (nSPS) is 25.5. The van der Waals surface area contributed by atoms with Crippen molar-refractivity contribution in [2.75, 3.05) is 0 Å². The second-order valence-electron chi connectivity index (χ2n) is 7.10. The van der Waals surface area contributed by atoms with Gasteiger partial charge in [-0.3, -0.25) is 0 Å². The lowest BCUT2D eigenvalue weighted by Crippen LogP contribution is -2.42. The summed E-state index contributed by atoms with van der Waals surface area (Å²) in [6.45, 7) is 0. The molecule has 1 saturated carbocycles. The molecule has 2 aliphatic rings. The molecule has 1 heterocycles. The summed E-state index contributed by atoms with van der Waals surface area (Å²) in [5, 5.41) is 22.3. The molecule has 5 nitrogen and oxygen atoms in total. The van der Waals surface area contributed by atoms with Crippen LogP contribution in [0.2, 0.25) is 0 Å². The van der Waals surface area contributed by atoms with Crippen LogP contribution in [0.4, 0.5) is 0 Å². The number of nitrogens with zero attached hydrogens (tertiary/aromatic N) is 1. The molecule has 1 N–H and O–H groups in total. The van der Waals surface area contributed by atoms with Crippen molar-refractivity contribution in [1.82, 2.24) is 0 Å². The fourth-order valence-corrected chi connectivity index (χ4v) is 3.99. The van der Waals surface area contributed by atoms with E-state index in [9.17, 15) is 15.1 Å². The molecule has 0 saturated heterocycles. The standard InChI is InChI=1S/C21H21NO4/c23-18-8-6-15(7-9-18)14-19-20(24)26-21(22(19)25)12-10-17(11-13-21)16-4-2-1-3-5-16/h1-9,17,23H,10-14H2. The molecule has 1 aliphatic carbocycles. The fourth-order valence-electron chi connectivity index (χ4n) is 3.99. The highest BCUT2D eigenvalue weighted by molar-refractivity contribution is 6.35. The van der Waals surface area contributed by atoms with Gasteiger partial charge in [0, 0.05) is 0 Å². The van der Waals surface area contributed by atoms with E-state index in [1.165, 1.54) is 5.56 Å². The van der Waals surface area contributed by atoms with Gasteiger partial charge >= 0.3 is 11.7 Å². The molecule has 26 heavy (non-hydrogen) atoms. The third-order valence-electron chi connectivity index (χ3n) is 5.48. The van der Waals surface area contributed by atoms with Crippen LogP contribution in [0.15, 0.2) is 54.6 Å². The van der Waals surface area contributed by atoms with Gasteiger partial charge in [-0.05, 0) is 42.0 Å². The van der Waals surface area contributed by atoms with E-state index in [0.717, 1.165) is 23.1 Å². The Hall–Kier alpha value is -2.82. The van der Waals surface area contributed by atoms with Gasteiger partial charge in [-0.2, -0.15) is 4.74 Å². The highest BCUT2D eigenvalue weighted by Crippen LogP contribution is 2.42. The minimum absolute atomic E-state index is 0.147. The molecule has 5 heteroatoms. The second kappa shape index (κ2) is 6.48. The van der Waals surface area contributed by atoms with E-state index in [1.807, 2.05) is 18.2 Å².